The first-order chi connectivity index (χ1) is 18.4. The van der Waals surface area contributed by atoms with Gasteiger partial charge < -0.3 is 18.8 Å². The van der Waals surface area contributed by atoms with E-state index < -0.39 is 11.6 Å². The molecule has 4 heterocycles. The van der Waals surface area contributed by atoms with E-state index in [1.165, 1.54) is 6.07 Å². The van der Waals surface area contributed by atoms with Crippen molar-refractivity contribution in [2.45, 2.75) is 63.5 Å². The number of nitrogens with zero attached hydrogens (tertiary/aromatic N) is 3. The van der Waals surface area contributed by atoms with Crippen LogP contribution in [0.15, 0.2) is 42.6 Å². The number of rotatable bonds is 7. The van der Waals surface area contributed by atoms with Crippen LogP contribution in [0.1, 0.15) is 66.0 Å². The molecule has 3 aliphatic rings. The van der Waals surface area contributed by atoms with Crippen molar-refractivity contribution in [1.82, 2.24) is 14.5 Å². The highest BCUT2D eigenvalue weighted by Crippen LogP contribution is 2.49. The standard InChI is InChI=1S/C29H31ClFN3O4/c1-29(24-8-7-20(30)14-25(24)31)37-26-6-2-5-23(28(26)38-29)19-9-11-33(12-10-19)17-27-32-15-21(18-35)34(27)16-22-4-3-13-36-22/h2,5-8,14-15,18-19,22H,3-4,9-13,16-17H2,1H3/t22-,29?/m0/s1. The molecular formula is C29H31ClFN3O4. The van der Waals surface area contributed by atoms with E-state index in [0.717, 1.165) is 63.1 Å². The second kappa shape index (κ2) is 10.3. The molecule has 38 heavy (non-hydrogen) atoms. The lowest BCUT2D eigenvalue weighted by Crippen LogP contribution is -2.34. The zero-order chi connectivity index (χ0) is 26.3. The number of benzene rings is 2. The van der Waals surface area contributed by atoms with Crippen molar-refractivity contribution in [1.29, 1.82) is 0 Å². The highest BCUT2D eigenvalue weighted by atomic mass is 35.5. The number of halogens is 2. The number of piperidine rings is 1. The minimum atomic E-state index is -1.26. The summed E-state index contributed by atoms with van der Waals surface area (Å²) in [4.78, 5) is 18.6. The summed E-state index contributed by atoms with van der Waals surface area (Å²) >= 11 is 5.95. The molecule has 9 heteroatoms. The average molecular weight is 540 g/mol. The fourth-order valence-corrected chi connectivity index (χ4v) is 6.05. The van der Waals surface area contributed by atoms with E-state index in [-0.39, 0.29) is 6.10 Å². The van der Waals surface area contributed by atoms with Gasteiger partial charge in [0.1, 0.15) is 17.3 Å². The largest absolute Gasteiger partial charge is 0.444 e. The summed E-state index contributed by atoms with van der Waals surface area (Å²) in [5, 5.41) is 0.328. The van der Waals surface area contributed by atoms with Crippen LogP contribution in [-0.2, 0) is 23.6 Å². The van der Waals surface area contributed by atoms with Gasteiger partial charge in [0, 0.05) is 24.1 Å². The normalized spacial score (nSPS) is 23.7. The summed E-state index contributed by atoms with van der Waals surface area (Å²) < 4.78 is 35.0. The molecule has 2 aromatic carbocycles. The third-order valence-corrected chi connectivity index (χ3v) is 8.16. The Hall–Kier alpha value is -2.94. The lowest BCUT2D eigenvalue weighted by Gasteiger charge is -2.32. The van der Waals surface area contributed by atoms with Gasteiger partial charge in [0.15, 0.2) is 17.8 Å². The molecule has 0 spiro atoms. The van der Waals surface area contributed by atoms with Crippen molar-refractivity contribution < 1.29 is 23.4 Å². The van der Waals surface area contributed by atoms with Crippen LogP contribution in [0.2, 0.25) is 5.02 Å². The van der Waals surface area contributed by atoms with E-state index in [9.17, 15) is 9.18 Å². The van der Waals surface area contributed by atoms with Gasteiger partial charge in [-0.3, -0.25) is 9.69 Å². The molecule has 0 bridgehead atoms. The Kier molecular flexibility index (Phi) is 6.88. The van der Waals surface area contributed by atoms with Crippen molar-refractivity contribution in [3.8, 4) is 11.5 Å². The third-order valence-electron chi connectivity index (χ3n) is 7.92. The van der Waals surface area contributed by atoms with Crippen molar-refractivity contribution in [3.05, 3.63) is 76.1 Å². The number of ether oxygens (including phenoxy) is 3. The molecule has 0 saturated carbocycles. The van der Waals surface area contributed by atoms with Crippen LogP contribution in [0.25, 0.3) is 0 Å². The summed E-state index contributed by atoms with van der Waals surface area (Å²) in [5.74, 6) is 0.783. The summed E-state index contributed by atoms with van der Waals surface area (Å²) in [5.41, 5.74) is 2.00. The van der Waals surface area contributed by atoms with Gasteiger partial charge in [-0.05, 0) is 69.0 Å². The van der Waals surface area contributed by atoms with E-state index >= 15 is 0 Å². The van der Waals surface area contributed by atoms with E-state index in [1.54, 1.807) is 25.3 Å². The lowest BCUT2D eigenvalue weighted by molar-refractivity contribution is -0.0712. The van der Waals surface area contributed by atoms with Crippen LogP contribution in [0.5, 0.6) is 11.5 Å². The summed E-state index contributed by atoms with van der Waals surface area (Å²) in [6.07, 6.45) is 6.64. The number of hydrogen-bond donors (Lipinski definition) is 0. The average Bonchev–Trinajstić information content (AvgIpc) is 3.64. The zero-order valence-corrected chi connectivity index (χ0v) is 22.1. The molecule has 1 unspecified atom stereocenters. The number of imidazole rings is 1. The highest BCUT2D eigenvalue weighted by molar-refractivity contribution is 6.30. The molecule has 2 saturated heterocycles. The molecule has 7 nitrogen and oxygen atoms in total. The molecule has 0 radical (unpaired) electrons. The minimum Gasteiger partial charge on any atom is -0.444 e. The third kappa shape index (κ3) is 4.81. The first kappa shape index (κ1) is 25.3. The highest BCUT2D eigenvalue weighted by Gasteiger charge is 2.43. The summed E-state index contributed by atoms with van der Waals surface area (Å²) in [6, 6.07) is 10.4. The van der Waals surface area contributed by atoms with Crippen LogP contribution in [-0.4, -0.2) is 46.5 Å². The Morgan fingerprint density at radius 2 is 2.03 bits per heavy atom. The van der Waals surface area contributed by atoms with E-state index in [2.05, 4.69) is 16.0 Å². The molecule has 0 N–H and O–H groups in total. The van der Waals surface area contributed by atoms with Crippen LogP contribution < -0.4 is 9.47 Å². The topological polar surface area (TPSA) is 65.8 Å². The van der Waals surface area contributed by atoms with Gasteiger partial charge in [-0.15, -0.1) is 0 Å². The van der Waals surface area contributed by atoms with Crippen molar-refractivity contribution in [3.63, 3.8) is 0 Å². The second-order valence-corrected chi connectivity index (χ2v) is 10.9. The van der Waals surface area contributed by atoms with Gasteiger partial charge in [0.2, 0.25) is 0 Å². The number of likely N-dealkylation sites (tertiary alicyclic amines) is 1. The van der Waals surface area contributed by atoms with Crippen molar-refractivity contribution in [2.24, 2.45) is 0 Å². The van der Waals surface area contributed by atoms with Crippen molar-refractivity contribution >= 4 is 17.9 Å². The second-order valence-electron chi connectivity index (χ2n) is 10.5. The SMILES string of the molecule is CC1(c2ccc(Cl)cc2F)Oc2cccc(C3CCN(Cc4ncc(C=O)n4C[C@@H]4CCCO4)CC3)c2O1. The van der Waals surface area contributed by atoms with Crippen molar-refractivity contribution in [2.75, 3.05) is 19.7 Å². The van der Waals surface area contributed by atoms with Gasteiger partial charge >= 0.3 is 0 Å². The molecule has 200 valence electrons. The predicted molar refractivity (Wildman–Crippen MR) is 140 cm³/mol. The molecule has 3 aromatic rings. The smallest absolute Gasteiger partial charge is 0.278 e. The first-order valence-electron chi connectivity index (χ1n) is 13.2. The molecule has 0 aliphatic carbocycles. The van der Waals surface area contributed by atoms with Gasteiger partial charge in [-0.2, -0.15) is 0 Å². The molecule has 0 amide bonds. The maximum Gasteiger partial charge on any atom is 0.278 e. The number of carbonyl (C=O) groups is 1. The molecule has 2 atom stereocenters. The fourth-order valence-electron chi connectivity index (χ4n) is 5.89. The monoisotopic (exact) mass is 539 g/mol. The maximum atomic E-state index is 14.7. The van der Waals surface area contributed by atoms with Crippen LogP contribution in [0.3, 0.4) is 0 Å². The number of fused-ring (bicyclic) bond motifs is 1. The van der Waals surface area contributed by atoms with Gasteiger partial charge in [-0.1, -0.05) is 23.7 Å². The van der Waals surface area contributed by atoms with Crippen LogP contribution >= 0.6 is 11.6 Å². The zero-order valence-electron chi connectivity index (χ0n) is 21.4. The quantitative estimate of drug-likeness (QED) is 0.359. The summed E-state index contributed by atoms with van der Waals surface area (Å²) in [6.45, 7) is 5.65. The molecule has 1 aromatic heterocycles. The Balaban J connectivity index is 1.14. The van der Waals surface area contributed by atoms with Crippen LogP contribution in [0.4, 0.5) is 4.39 Å². The number of aromatic nitrogens is 2. The Bertz CT molecular complexity index is 1330. The van der Waals surface area contributed by atoms with Gasteiger partial charge in [0.05, 0.1) is 31.0 Å². The Labute approximate surface area is 226 Å². The number of aldehydes is 1. The predicted octanol–water partition coefficient (Wildman–Crippen LogP) is 5.69. The van der Waals surface area contributed by atoms with Gasteiger partial charge in [-0.25, -0.2) is 9.37 Å². The first-order valence-corrected chi connectivity index (χ1v) is 13.6. The minimum absolute atomic E-state index is 0.141. The Morgan fingerprint density at radius 3 is 2.76 bits per heavy atom. The van der Waals surface area contributed by atoms with Crippen LogP contribution in [0, 0.1) is 5.82 Å². The molecular weight excluding hydrogens is 509 g/mol. The van der Waals surface area contributed by atoms with E-state index in [1.807, 2.05) is 16.7 Å². The van der Waals surface area contributed by atoms with Gasteiger partial charge in [0.25, 0.3) is 5.79 Å². The number of hydrogen-bond acceptors (Lipinski definition) is 6. The Morgan fingerprint density at radius 1 is 1.18 bits per heavy atom. The van der Waals surface area contributed by atoms with E-state index in [0.29, 0.717) is 46.8 Å². The molecule has 3 aliphatic heterocycles. The van der Waals surface area contributed by atoms with E-state index in [4.69, 9.17) is 25.8 Å². The number of para-hydroxylation sites is 1. The maximum absolute atomic E-state index is 14.7. The summed E-state index contributed by atoms with van der Waals surface area (Å²) in [7, 11) is 0. The fraction of sp³-hybridized carbons (Fsp3) is 0.448. The lowest BCUT2D eigenvalue weighted by atomic mass is 9.88. The number of carbonyl (C=O) groups excluding carboxylic acids is 1. The molecule has 2 fully saturated rings. The molecule has 6 rings (SSSR count).